The van der Waals surface area contributed by atoms with Gasteiger partial charge in [0.05, 0.1) is 11.1 Å². The lowest BCUT2D eigenvalue weighted by molar-refractivity contribution is -0.141. The smallest absolute Gasteiger partial charge is 0.356 e. The molecule has 0 N–H and O–H groups in total. The van der Waals surface area contributed by atoms with Crippen molar-refractivity contribution < 1.29 is 13.2 Å². The summed E-state index contributed by atoms with van der Waals surface area (Å²) in [4.78, 5) is 22.5. The van der Waals surface area contributed by atoms with Gasteiger partial charge in [0.2, 0.25) is 0 Å². The summed E-state index contributed by atoms with van der Waals surface area (Å²) in [5.74, 6) is 0.391. The molecule has 5 nitrogen and oxygen atoms in total. The van der Waals surface area contributed by atoms with Crippen LogP contribution in [0.15, 0.2) is 41.2 Å². The van der Waals surface area contributed by atoms with Crippen molar-refractivity contribution in [1.29, 1.82) is 0 Å². The molecule has 8 heteroatoms. The number of hydrogen-bond acceptors (Lipinski definition) is 4. The lowest BCUT2D eigenvalue weighted by atomic mass is 10.1. The van der Waals surface area contributed by atoms with Gasteiger partial charge < -0.3 is 4.90 Å². The van der Waals surface area contributed by atoms with E-state index in [-0.39, 0.29) is 5.65 Å². The van der Waals surface area contributed by atoms with Crippen LogP contribution in [0.3, 0.4) is 0 Å². The molecule has 0 bridgehead atoms. The number of aryl methyl sites for hydroxylation is 1. The molecule has 1 aliphatic heterocycles. The van der Waals surface area contributed by atoms with Gasteiger partial charge in [0.1, 0.15) is 11.5 Å². The number of alkyl halides is 3. The average Bonchev–Trinajstić information content (AvgIpc) is 2.53. The van der Waals surface area contributed by atoms with Crippen LogP contribution in [0.2, 0.25) is 0 Å². The van der Waals surface area contributed by atoms with Gasteiger partial charge in [0.25, 0.3) is 0 Å². The quantitative estimate of drug-likeness (QED) is 0.704. The van der Waals surface area contributed by atoms with Gasteiger partial charge in [-0.1, -0.05) is 18.2 Å². The highest BCUT2D eigenvalue weighted by atomic mass is 19.4. The first-order chi connectivity index (χ1) is 12.4. The molecule has 0 amide bonds. The fourth-order valence-corrected chi connectivity index (χ4v) is 3.04. The summed E-state index contributed by atoms with van der Waals surface area (Å²) in [5, 5.41) is 0.431. The molecule has 0 aliphatic carbocycles. The summed E-state index contributed by atoms with van der Waals surface area (Å²) >= 11 is 0. The molecule has 0 radical (unpaired) electrons. The molecule has 0 spiro atoms. The van der Waals surface area contributed by atoms with Gasteiger partial charge in [0.15, 0.2) is 5.65 Å². The van der Waals surface area contributed by atoms with E-state index in [0.717, 1.165) is 35.7 Å². The molecule has 4 rings (SSSR count). The largest absolute Gasteiger partial charge is 0.433 e. The maximum atomic E-state index is 13.2. The second-order valence-corrected chi connectivity index (χ2v) is 6.25. The van der Waals surface area contributed by atoms with Crippen molar-refractivity contribution >= 4 is 16.9 Å². The number of benzene rings is 1. The number of nitrogens with zero attached hydrogens (tertiary/aromatic N) is 4. The third-order valence-electron chi connectivity index (χ3n) is 4.52. The van der Waals surface area contributed by atoms with Crippen LogP contribution in [0.4, 0.5) is 19.0 Å². The first kappa shape index (κ1) is 16.6. The molecule has 0 atom stereocenters. The Hall–Kier alpha value is -2.90. The van der Waals surface area contributed by atoms with Crippen molar-refractivity contribution in [2.75, 3.05) is 18.0 Å². The highest BCUT2D eigenvalue weighted by molar-refractivity contribution is 5.88. The molecular formula is C18H15F3N4O. The van der Waals surface area contributed by atoms with Crippen LogP contribution in [0.5, 0.6) is 0 Å². The van der Waals surface area contributed by atoms with Crippen LogP contribution in [-0.2, 0) is 6.18 Å². The number of anilines is 1. The summed E-state index contributed by atoms with van der Waals surface area (Å²) in [5.41, 5.74) is -0.491. The fraction of sp³-hybridized carbons (Fsp3) is 0.278. The van der Waals surface area contributed by atoms with Crippen LogP contribution in [0.25, 0.3) is 16.7 Å². The molecule has 2 aromatic heterocycles. The van der Waals surface area contributed by atoms with Gasteiger partial charge in [-0.2, -0.15) is 18.2 Å². The Morgan fingerprint density at radius 3 is 2.38 bits per heavy atom. The number of rotatable bonds is 2. The number of pyridine rings is 1. The third-order valence-corrected chi connectivity index (χ3v) is 4.52. The van der Waals surface area contributed by atoms with E-state index in [4.69, 9.17) is 0 Å². The van der Waals surface area contributed by atoms with Crippen molar-refractivity contribution in [3.63, 3.8) is 0 Å². The number of halogens is 3. The Kier molecular flexibility index (Phi) is 3.71. The van der Waals surface area contributed by atoms with E-state index in [1.807, 2.05) is 4.90 Å². The van der Waals surface area contributed by atoms with Crippen molar-refractivity contribution in [3.8, 4) is 5.69 Å². The summed E-state index contributed by atoms with van der Waals surface area (Å²) in [6.07, 6.45) is -3.64. The van der Waals surface area contributed by atoms with E-state index in [0.29, 0.717) is 16.9 Å². The normalized spacial score (nSPS) is 14.5. The number of hydrogen-bond donors (Lipinski definition) is 0. The van der Waals surface area contributed by atoms with E-state index in [1.165, 1.54) is 6.07 Å². The average molecular weight is 360 g/mol. The summed E-state index contributed by atoms with van der Waals surface area (Å²) in [7, 11) is 0. The fourth-order valence-electron chi connectivity index (χ4n) is 3.04. The molecule has 0 unspecified atom stereocenters. The highest BCUT2D eigenvalue weighted by Gasteiger charge is 2.33. The predicted octanol–water partition coefficient (Wildman–Crippen LogP) is 3.32. The first-order valence-electron chi connectivity index (χ1n) is 8.18. The van der Waals surface area contributed by atoms with Gasteiger partial charge in [-0.15, -0.1) is 0 Å². The molecule has 134 valence electrons. The van der Waals surface area contributed by atoms with Gasteiger partial charge in [0, 0.05) is 13.1 Å². The second-order valence-electron chi connectivity index (χ2n) is 6.25. The molecule has 3 aromatic rings. The van der Waals surface area contributed by atoms with Gasteiger partial charge >= 0.3 is 11.9 Å². The number of aromatic nitrogens is 3. The monoisotopic (exact) mass is 360 g/mol. The SMILES string of the molecule is Cc1ccccc1-n1c(=O)nc(N2CCC2)c2ccc(C(F)(F)F)nc21. The zero-order valence-electron chi connectivity index (χ0n) is 13.9. The standard InChI is InChI=1S/C18H15F3N4O/c1-11-5-2-3-6-13(11)25-16-12(7-8-14(22-16)18(19,20)21)15(23-17(25)26)24-9-4-10-24/h2-3,5-8H,4,9-10H2,1H3. The van der Waals surface area contributed by atoms with E-state index in [2.05, 4.69) is 9.97 Å². The molecule has 3 heterocycles. The van der Waals surface area contributed by atoms with Gasteiger partial charge in [-0.3, -0.25) is 0 Å². The van der Waals surface area contributed by atoms with Crippen molar-refractivity contribution in [2.45, 2.75) is 19.5 Å². The predicted molar refractivity (Wildman–Crippen MR) is 91.7 cm³/mol. The minimum Gasteiger partial charge on any atom is -0.356 e. The molecular weight excluding hydrogens is 345 g/mol. The van der Waals surface area contributed by atoms with E-state index in [1.54, 1.807) is 31.2 Å². The van der Waals surface area contributed by atoms with E-state index >= 15 is 0 Å². The number of fused-ring (bicyclic) bond motifs is 1. The van der Waals surface area contributed by atoms with E-state index in [9.17, 15) is 18.0 Å². The lowest BCUT2D eigenvalue weighted by Crippen LogP contribution is -2.39. The van der Waals surface area contributed by atoms with Crippen LogP contribution < -0.4 is 10.6 Å². The highest BCUT2D eigenvalue weighted by Crippen LogP contribution is 2.32. The maximum absolute atomic E-state index is 13.2. The van der Waals surface area contributed by atoms with E-state index < -0.39 is 17.6 Å². The minimum atomic E-state index is -4.60. The minimum absolute atomic E-state index is 0.0315. The molecule has 26 heavy (non-hydrogen) atoms. The van der Waals surface area contributed by atoms with Crippen LogP contribution in [0.1, 0.15) is 17.7 Å². The summed E-state index contributed by atoms with van der Waals surface area (Å²) in [6.45, 7) is 3.22. The van der Waals surface area contributed by atoms with Crippen molar-refractivity contribution in [2.24, 2.45) is 0 Å². The molecule has 1 saturated heterocycles. The Labute approximate surface area is 146 Å². The summed E-state index contributed by atoms with van der Waals surface area (Å²) < 4.78 is 40.7. The Morgan fingerprint density at radius 1 is 1.04 bits per heavy atom. The summed E-state index contributed by atoms with van der Waals surface area (Å²) in [6, 6.07) is 9.24. The van der Waals surface area contributed by atoms with Gasteiger partial charge in [-0.25, -0.2) is 14.3 Å². The van der Waals surface area contributed by atoms with Crippen LogP contribution in [-0.4, -0.2) is 27.6 Å². The molecule has 1 aliphatic rings. The van der Waals surface area contributed by atoms with Gasteiger partial charge in [-0.05, 0) is 37.1 Å². The topological polar surface area (TPSA) is 51.0 Å². The molecule has 1 fully saturated rings. The number of para-hydroxylation sites is 1. The zero-order chi connectivity index (χ0) is 18.5. The Balaban J connectivity index is 2.09. The zero-order valence-corrected chi connectivity index (χ0v) is 13.9. The van der Waals surface area contributed by atoms with Crippen LogP contribution >= 0.6 is 0 Å². The van der Waals surface area contributed by atoms with Crippen molar-refractivity contribution in [3.05, 3.63) is 58.1 Å². The third kappa shape index (κ3) is 2.61. The molecule has 1 aromatic carbocycles. The Bertz CT molecular complexity index is 1050. The second kappa shape index (κ2) is 5.82. The van der Waals surface area contributed by atoms with Crippen molar-refractivity contribution in [1.82, 2.24) is 14.5 Å². The maximum Gasteiger partial charge on any atom is 0.433 e. The van der Waals surface area contributed by atoms with Crippen LogP contribution in [0, 0.1) is 6.92 Å². The Morgan fingerprint density at radius 2 is 1.77 bits per heavy atom. The first-order valence-corrected chi connectivity index (χ1v) is 8.18. The molecule has 0 saturated carbocycles. The lowest BCUT2D eigenvalue weighted by Gasteiger charge is -2.32.